The van der Waals surface area contributed by atoms with Gasteiger partial charge in [0, 0.05) is 0 Å². The van der Waals surface area contributed by atoms with Crippen molar-refractivity contribution in [1.29, 1.82) is 5.39 Å². The number of rotatable bonds is 1. The lowest BCUT2D eigenvalue weighted by molar-refractivity contribution is 0.484. The van der Waals surface area contributed by atoms with Gasteiger partial charge in [0.05, 0.1) is 10.9 Å². The summed E-state index contributed by atoms with van der Waals surface area (Å²) in [6, 6.07) is 3.82. The first kappa shape index (κ1) is 11.3. The number of aromatic nitrogens is 1. The fraction of sp³-hybridized carbons (Fsp3) is 0. The van der Waals surface area contributed by atoms with Crippen LogP contribution in [0.15, 0.2) is 34.1 Å². The third-order valence-corrected chi connectivity index (χ3v) is 3.14. The molecule has 0 fully saturated rings. The summed E-state index contributed by atoms with van der Waals surface area (Å²) in [4.78, 5) is 16.5. The maximum Gasteiger partial charge on any atom is 0.448 e. The molecule has 2 rings (SSSR count). The maximum absolute atomic E-state index is 11.7. The van der Waals surface area contributed by atoms with Gasteiger partial charge in [-0.2, -0.15) is 8.42 Å². The molecule has 86 valence electrons. The number of diazo groups is 1. The number of H-pyrrole nitrogens is 1. The van der Waals surface area contributed by atoms with Gasteiger partial charge in [0.25, 0.3) is 15.5 Å². The van der Waals surface area contributed by atoms with Crippen molar-refractivity contribution < 1.29 is 13.0 Å². The molecule has 0 spiro atoms. The van der Waals surface area contributed by atoms with Crippen molar-refractivity contribution in [2.75, 3.05) is 0 Å². The highest BCUT2D eigenvalue weighted by molar-refractivity contribution is 7.86. The highest BCUT2D eigenvalue weighted by Gasteiger charge is 2.20. The van der Waals surface area contributed by atoms with Gasteiger partial charge >= 0.3 is 5.69 Å². The SMILES string of the molecule is N#[N+]c1c[nH]c2c(S(=O)(=O)O)cccc2c1=O. The molecule has 17 heavy (non-hydrogen) atoms. The predicted octanol–water partition coefficient (Wildman–Crippen LogP) is 1.26. The van der Waals surface area contributed by atoms with Crippen LogP contribution in [-0.4, -0.2) is 18.0 Å². The molecule has 0 aliphatic carbocycles. The Balaban J connectivity index is 3.02. The van der Waals surface area contributed by atoms with Crippen LogP contribution < -0.4 is 5.43 Å². The fourth-order valence-corrected chi connectivity index (χ4v) is 2.18. The lowest BCUT2D eigenvalue weighted by Gasteiger charge is -2.01. The van der Waals surface area contributed by atoms with Crippen molar-refractivity contribution in [2.24, 2.45) is 0 Å². The van der Waals surface area contributed by atoms with E-state index in [-0.39, 0.29) is 16.6 Å². The molecule has 0 bridgehead atoms. The normalized spacial score (nSPS) is 11.3. The van der Waals surface area contributed by atoms with E-state index in [2.05, 4.69) is 9.96 Å². The van der Waals surface area contributed by atoms with Crippen LogP contribution in [0.25, 0.3) is 15.9 Å². The van der Waals surface area contributed by atoms with Crippen molar-refractivity contribution in [3.8, 4) is 0 Å². The number of hydrogen-bond acceptors (Lipinski definition) is 4. The summed E-state index contributed by atoms with van der Waals surface area (Å²) >= 11 is 0. The third-order valence-electron chi connectivity index (χ3n) is 2.24. The molecule has 2 aromatic rings. The van der Waals surface area contributed by atoms with E-state index in [1.165, 1.54) is 12.1 Å². The molecular formula is C9H6N3O4S+. The van der Waals surface area contributed by atoms with Crippen LogP contribution in [0.2, 0.25) is 0 Å². The monoisotopic (exact) mass is 252 g/mol. The van der Waals surface area contributed by atoms with E-state index < -0.39 is 20.4 Å². The molecular weight excluding hydrogens is 246 g/mol. The summed E-state index contributed by atoms with van der Waals surface area (Å²) < 4.78 is 31.1. The second-order valence-corrected chi connectivity index (χ2v) is 4.65. The highest BCUT2D eigenvalue weighted by atomic mass is 32.2. The Morgan fingerprint density at radius 3 is 2.65 bits per heavy atom. The van der Waals surface area contributed by atoms with Gasteiger partial charge in [-0.25, -0.2) is 0 Å². The average molecular weight is 252 g/mol. The molecule has 0 amide bonds. The molecule has 1 heterocycles. The van der Waals surface area contributed by atoms with Gasteiger partial charge in [-0.1, -0.05) is 6.07 Å². The Morgan fingerprint density at radius 1 is 1.35 bits per heavy atom. The average Bonchev–Trinajstić information content (AvgIpc) is 2.28. The minimum Gasteiger partial charge on any atom is -0.353 e. The largest absolute Gasteiger partial charge is 0.448 e. The van der Waals surface area contributed by atoms with Crippen LogP contribution in [0.3, 0.4) is 0 Å². The van der Waals surface area contributed by atoms with Gasteiger partial charge in [0.1, 0.15) is 11.1 Å². The first-order valence-corrected chi connectivity index (χ1v) is 5.86. The number of benzene rings is 1. The number of pyridine rings is 1. The summed E-state index contributed by atoms with van der Waals surface area (Å²) in [5, 5.41) is 8.55. The zero-order valence-corrected chi connectivity index (χ0v) is 9.10. The highest BCUT2D eigenvalue weighted by Crippen LogP contribution is 2.20. The molecule has 2 N–H and O–H groups in total. The molecule has 0 saturated carbocycles. The van der Waals surface area contributed by atoms with Gasteiger partial charge < -0.3 is 4.98 Å². The Kier molecular flexibility index (Phi) is 2.42. The van der Waals surface area contributed by atoms with Crippen molar-refractivity contribution in [3.05, 3.63) is 39.6 Å². The number of nitrogens with zero attached hydrogens (tertiary/aromatic N) is 2. The lowest BCUT2D eigenvalue weighted by Crippen LogP contribution is -2.06. The van der Waals surface area contributed by atoms with Crippen LogP contribution >= 0.6 is 0 Å². The Morgan fingerprint density at radius 2 is 2.06 bits per heavy atom. The molecule has 0 saturated heterocycles. The fourth-order valence-electron chi connectivity index (χ4n) is 1.50. The molecule has 0 radical (unpaired) electrons. The minimum absolute atomic E-state index is 0.00965. The van der Waals surface area contributed by atoms with Crippen LogP contribution in [-0.2, 0) is 10.1 Å². The van der Waals surface area contributed by atoms with Crippen molar-refractivity contribution in [1.82, 2.24) is 4.98 Å². The molecule has 7 nitrogen and oxygen atoms in total. The van der Waals surface area contributed by atoms with Crippen LogP contribution in [0.4, 0.5) is 5.69 Å². The summed E-state index contributed by atoms with van der Waals surface area (Å²) in [6.07, 6.45) is 1.05. The van der Waals surface area contributed by atoms with Crippen LogP contribution in [0, 0.1) is 5.39 Å². The molecule has 8 heteroatoms. The summed E-state index contributed by atoms with van der Waals surface area (Å²) in [5.74, 6) is 0. The number of para-hydroxylation sites is 1. The first-order chi connectivity index (χ1) is 7.95. The summed E-state index contributed by atoms with van der Waals surface area (Å²) in [6.45, 7) is 0. The Bertz CT molecular complexity index is 801. The number of nitrogens with one attached hydrogen (secondary N) is 1. The second kappa shape index (κ2) is 3.65. The Hall–Kier alpha value is -2.24. The molecule has 0 aliphatic rings. The van der Waals surface area contributed by atoms with E-state index in [1.54, 1.807) is 0 Å². The predicted molar refractivity (Wildman–Crippen MR) is 59.1 cm³/mol. The van der Waals surface area contributed by atoms with Gasteiger partial charge in [0.2, 0.25) is 5.39 Å². The molecule has 0 unspecified atom stereocenters. The van der Waals surface area contributed by atoms with E-state index >= 15 is 0 Å². The summed E-state index contributed by atoms with van der Waals surface area (Å²) in [5.41, 5.74) is -0.913. The molecule has 1 aromatic heterocycles. The first-order valence-electron chi connectivity index (χ1n) is 4.42. The number of fused-ring (bicyclic) bond motifs is 1. The van der Waals surface area contributed by atoms with Crippen LogP contribution in [0.5, 0.6) is 0 Å². The van der Waals surface area contributed by atoms with Crippen molar-refractivity contribution in [3.63, 3.8) is 0 Å². The lowest BCUT2D eigenvalue weighted by atomic mass is 10.2. The quantitative estimate of drug-likeness (QED) is 0.585. The smallest absolute Gasteiger partial charge is 0.353 e. The van der Waals surface area contributed by atoms with E-state index in [4.69, 9.17) is 9.95 Å². The van der Waals surface area contributed by atoms with Gasteiger partial charge in [-0.3, -0.25) is 9.35 Å². The van der Waals surface area contributed by atoms with E-state index in [1.807, 2.05) is 0 Å². The molecule has 1 aromatic carbocycles. The standard InChI is InChI=1S/C9H5N3O4S/c10-12-6-4-11-8-5(9(6)13)2-1-3-7(8)17(14,15)16/h1-4H,(H-,11,13,14,15,16)/p+1. The zero-order valence-electron chi connectivity index (χ0n) is 8.28. The van der Waals surface area contributed by atoms with E-state index in [9.17, 15) is 13.2 Å². The van der Waals surface area contributed by atoms with Gasteiger partial charge in [-0.15, -0.1) is 0 Å². The number of hydrogen-bond donors (Lipinski definition) is 2. The number of aromatic amines is 1. The van der Waals surface area contributed by atoms with Crippen molar-refractivity contribution in [2.45, 2.75) is 4.90 Å². The van der Waals surface area contributed by atoms with Gasteiger partial charge in [-0.05, 0) is 12.1 Å². The minimum atomic E-state index is -4.43. The van der Waals surface area contributed by atoms with Crippen molar-refractivity contribution >= 4 is 26.7 Å². The summed E-state index contributed by atoms with van der Waals surface area (Å²) in [7, 11) is -4.43. The topological polar surface area (TPSA) is 115 Å². The molecule has 0 aliphatic heterocycles. The second-order valence-electron chi connectivity index (χ2n) is 3.26. The third kappa shape index (κ3) is 1.77. The molecule has 0 atom stereocenters. The van der Waals surface area contributed by atoms with Gasteiger partial charge in [0.15, 0.2) is 4.98 Å². The Labute approximate surface area is 95.1 Å². The van der Waals surface area contributed by atoms with Crippen LogP contribution in [0.1, 0.15) is 0 Å². The maximum atomic E-state index is 11.7. The van der Waals surface area contributed by atoms with E-state index in [0.717, 1.165) is 12.3 Å². The zero-order chi connectivity index (χ0) is 12.6. The van der Waals surface area contributed by atoms with E-state index in [0.29, 0.717) is 0 Å².